The van der Waals surface area contributed by atoms with E-state index in [1.807, 2.05) is 6.07 Å². The molecule has 1 aliphatic rings. The Hall–Kier alpha value is -3.62. The molecule has 0 spiro atoms. The first-order valence-electron chi connectivity index (χ1n) is 9.97. The van der Waals surface area contributed by atoms with Crippen molar-refractivity contribution in [2.75, 3.05) is 18.6 Å². The largest absolute Gasteiger partial charge is 0.497 e. The number of hydrogen-bond donors (Lipinski definition) is 0. The number of alkyl halides is 3. The predicted molar refractivity (Wildman–Crippen MR) is 113 cm³/mol. The average molecular weight is 443 g/mol. The van der Waals surface area contributed by atoms with Gasteiger partial charge in [0.15, 0.2) is 5.69 Å². The Balaban J connectivity index is 1.81. The van der Waals surface area contributed by atoms with E-state index in [2.05, 4.69) is 5.10 Å². The highest BCUT2D eigenvalue weighted by molar-refractivity contribution is 6.05. The van der Waals surface area contributed by atoms with Crippen LogP contribution in [0.15, 0.2) is 53.3 Å². The number of aromatic nitrogens is 2. The lowest BCUT2D eigenvalue weighted by atomic mass is 10.0. The Labute approximate surface area is 181 Å². The smallest absolute Gasteiger partial charge is 0.418 e. The lowest BCUT2D eigenvalue weighted by Crippen LogP contribution is -2.39. The van der Waals surface area contributed by atoms with Gasteiger partial charge in [0.25, 0.3) is 5.91 Å². The second kappa shape index (κ2) is 8.14. The first-order chi connectivity index (χ1) is 15.2. The molecular weight excluding hydrogens is 423 g/mol. The number of halogens is 3. The topological polar surface area (TPSA) is 64.4 Å². The zero-order chi connectivity index (χ0) is 23.0. The van der Waals surface area contributed by atoms with Gasteiger partial charge in [0.1, 0.15) is 5.75 Å². The molecular formula is C23H20F3N3O3. The second-order valence-corrected chi connectivity index (χ2v) is 7.48. The Morgan fingerprint density at radius 1 is 1.09 bits per heavy atom. The van der Waals surface area contributed by atoms with Gasteiger partial charge in [0.05, 0.1) is 18.4 Å². The quantitative estimate of drug-likeness (QED) is 0.610. The molecule has 6 nitrogen and oxygen atoms in total. The fraction of sp³-hybridized carbons (Fsp3) is 0.261. The number of para-hydroxylation sites is 1. The third-order valence-corrected chi connectivity index (χ3v) is 5.40. The summed E-state index contributed by atoms with van der Waals surface area (Å²) in [6.07, 6.45) is -3.22. The Bertz CT molecular complexity index is 1250. The maximum Gasteiger partial charge on any atom is 0.418 e. The Morgan fingerprint density at radius 2 is 1.84 bits per heavy atom. The number of carbonyl (C=O) groups excluding carboxylic acids is 1. The van der Waals surface area contributed by atoms with Gasteiger partial charge in [-0.2, -0.15) is 18.3 Å². The van der Waals surface area contributed by atoms with Crippen LogP contribution < -0.4 is 15.1 Å². The number of fused-ring (bicyclic) bond motifs is 1. The number of rotatable bonds is 3. The number of carbonyl (C=O) groups is 1. The molecule has 2 heterocycles. The minimum absolute atomic E-state index is 0.187. The van der Waals surface area contributed by atoms with Crippen LogP contribution in [0.1, 0.15) is 33.7 Å². The molecule has 0 N–H and O–H groups in total. The highest BCUT2D eigenvalue weighted by Gasteiger charge is 2.34. The molecule has 9 heteroatoms. The lowest BCUT2D eigenvalue weighted by molar-refractivity contribution is -0.137. The van der Waals surface area contributed by atoms with Gasteiger partial charge in [-0.15, -0.1) is 0 Å². The SMILES string of the molecule is COc1ccc2c(c1)CCCN2C(=O)c1nn(-c2ccccc2C(F)(F)F)c(C)cc1=O. The molecule has 0 unspecified atom stereocenters. The normalized spacial score (nSPS) is 13.6. The summed E-state index contributed by atoms with van der Waals surface area (Å²) in [4.78, 5) is 27.4. The van der Waals surface area contributed by atoms with E-state index >= 15 is 0 Å². The molecule has 0 fully saturated rings. The zero-order valence-corrected chi connectivity index (χ0v) is 17.4. The van der Waals surface area contributed by atoms with Crippen LogP contribution in [0.2, 0.25) is 0 Å². The van der Waals surface area contributed by atoms with Crippen LogP contribution in [-0.4, -0.2) is 29.3 Å². The second-order valence-electron chi connectivity index (χ2n) is 7.48. The van der Waals surface area contributed by atoms with Crippen LogP contribution >= 0.6 is 0 Å². The highest BCUT2D eigenvalue weighted by Crippen LogP contribution is 2.34. The molecule has 0 bridgehead atoms. The fourth-order valence-electron chi connectivity index (χ4n) is 3.88. The number of ether oxygens (including phenoxy) is 1. The third kappa shape index (κ3) is 3.86. The van der Waals surface area contributed by atoms with Crippen LogP contribution in [0.25, 0.3) is 5.69 Å². The van der Waals surface area contributed by atoms with Crippen LogP contribution in [0.3, 0.4) is 0 Å². The van der Waals surface area contributed by atoms with Crippen molar-refractivity contribution in [2.24, 2.45) is 0 Å². The van der Waals surface area contributed by atoms with E-state index in [9.17, 15) is 22.8 Å². The number of amides is 1. The molecule has 1 aromatic heterocycles. The van der Waals surface area contributed by atoms with Crippen molar-refractivity contribution >= 4 is 11.6 Å². The van der Waals surface area contributed by atoms with Gasteiger partial charge in [-0.1, -0.05) is 12.1 Å². The van der Waals surface area contributed by atoms with Gasteiger partial charge < -0.3 is 9.64 Å². The van der Waals surface area contributed by atoms with E-state index in [1.165, 1.54) is 30.0 Å². The summed E-state index contributed by atoms with van der Waals surface area (Å²) >= 11 is 0. The molecule has 166 valence electrons. The van der Waals surface area contributed by atoms with Crippen molar-refractivity contribution in [3.63, 3.8) is 0 Å². The van der Waals surface area contributed by atoms with Crippen molar-refractivity contribution in [3.8, 4) is 11.4 Å². The maximum atomic E-state index is 13.5. The Morgan fingerprint density at radius 3 is 2.56 bits per heavy atom. The zero-order valence-electron chi connectivity index (χ0n) is 17.4. The summed E-state index contributed by atoms with van der Waals surface area (Å²) < 4.78 is 46.8. The molecule has 0 saturated heterocycles. The van der Waals surface area contributed by atoms with E-state index in [-0.39, 0.29) is 11.4 Å². The number of aryl methyl sites for hydroxylation is 2. The molecule has 0 saturated carbocycles. The third-order valence-electron chi connectivity index (χ3n) is 5.40. The average Bonchev–Trinajstić information content (AvgIpc) is 2.77. The molecule has 1 aliphatic heterocycles. The van der Waals surface area contributed by atoms with Crippen molar-refractivity contribution < 1.29 is 22.7 Å². The summed E-state index contributed by atoms with van der Waals surface area (Å²) in [5.41, 5.74) is -0.537. The van der Waals surface area contributed by atoms with Gasteiger partial charge in [-0.25, -0.2) is 4.68 Å². The van der Waals surface area contributed by atoms with Crippen molar-refractivity contribution in [2.45, 2.75) is 25.9 Å². The standard InChI is InChI=1S/C23H20F3N3O3/c1-14-12-20(30)21(27-29(14)19-8-4-3-7-17(19)23(24,25)26)22(31)28-11-5-6-15-13-16(32-2)9-10-18(15)28/h3-4,7-10,12-13H,5-6,11H2,1-2H3. The monoisotopic (exact) mass is 443 g/mol. The number of methoxy groups -OCH3 is 1. The van der Waals surface area contributed by atoms with Gasteiger partial charge in [0.2, 0.25) is 5.43 Å². The lowest BCUT2D eigenvalue weighted by Gasteiger charge is -2.29. The van der Waals surface area contributed by atoms with Crippen LogP contribution in [0.5, 0.6) is 5.75 Å². The first kappa shape index (κ1) is 21.6. The number of nitrogens with zero attached hydrogens (tertiary/aromatic N) is 3. The molecule has 32 heavy (non-hydrogen) atoms. The minimum atomic E-state index is -4.62. The molecule has 0 aliphatic carbocycles. The summed E-state index contributed by atoms with van der Waals surface area (Å²) in [5, 5.41) is 4.09. The number of anilines is 1. The van der Waals surface area contributed by atoms with Gasteiger partial charge in [0, 0.05) is 24.0 Å². The van der Waals surface area contributed by atoms with Crippen LogP contribution in [0, 0.1) is 6.92 Å². The Kier molecular flexibility index (Phi) is 5.50. The predicted octanol–water partition coefficient (Wildman–Crippen LogP) is 4.16. The van der Waals surface area contributed by atoms with E-state index in [0.29, 0.717) is 24.4 Å². The number of benzene rings is 2. The molecule has 0 atom stereocenters. The van der Waals surface area contributed by atoms with Crippen LogP contribution in [0.4, 0.5) is 18.9 Å². The summed E-state index contributed by atoms with van der Waals surface area (Å²) in [6.45, 7) is 1.84. The van der Waals surface area contributed by atoms with Crippen molar-refractivity contribution in [3.05, 3.63) is 81.3 Å². The molecule has 0 radical (unpaired) electrons. The van der Waals surface area contributed by atoms with E-state index < -0.39 is 28.8 Å². The van der Waals surface area contributed by atoms with Crippen molar-refractivity contribution in [1.82, 2.24) is 9.78 Å². The van der Waals surface area contributed by atoms with E-state index in [1.54, 1.807) is 19.2 Å². The highest BCUT2D eigenvalue weighted by atomic mass is 19.4. The van der Waals surface area contributed by atoms with Gasteiger partial charge in [-0.05, 0) is 55.7 Å². The molecule has 1 amide bonds. The fourth-order valence-corrected chi connectivity index (χ4v) is 3.88. The van der Waals surface area contributed by atoms with Crippen LogP contribution in [-0.2, 0) is 12.6 Å². The summed E-state index contributed by atoms with van der Waals surface area (Å²) in [6, 6.07) is 11.3. The molecule has 3 aromatic rings. The van der Waals surface area contributed by atoms with E-state index in [0.717, 1.165) is 28.8 Å². The van der Waals surface area contributed by atoms with Gasteiger partial charge >= 0.3 is 6.18 Å². The summed E-state index contributed by atoms with van der Waals surface area (Å²) in [5.74, 6) is -0.00280. The van der Waals surface area contributed by atoms with E-state index in [4.69, 9.17) is 4.74 Å². The van der Waals surface area contributed by atoms with Gasteiger partial charge in [-0.3, -0.25) is 9.59 Å². The summed E-state index contributed by atoms with van der Waals surface area (Å²) in [7, 11) is 1.55. The number of hydrogen-bond acceptors (Lipinski definition) is 4. The van der Waals surface area contributed by atoms with Crippen molar-refractivity contribution in [1.29, 1.82) is 0 Å². The molecule has 4 rings (SSSR count). The molecule has 2 aromatic carbocycles. The maximum absolute atomic E-state index is 13.5. The minimum Gasteiger partial charge on any atom is -0.497 e. The first-order valence-corrected chi connectivity index (χ1v) is 9.97.